The molecule has 5 aromatic rings. The summed E-state index contributed by atoms with van der Waals surface area (Å²) >= 11 is 0. The molecule has 31 heavy (non-hydrogen) atoms. The lowest BCUT2D eigenvalue weighted by Gasteiger charge is -2.11. The van der Waals surface area contributed by atoms with Crippen LogP contribution in [-0.2, 0) is 6.42 Å². The number of benzene rings is 2. The van der Waals surface area contributed by atoms with Crippen LogP contribution in [0.2, 0.25) is 0 Å². The largest absolute Gasteiger partial charge is 0.370 e. The van der Waals surface area contributed by atoms with Gasteiger partial charge in [-0.05, 0) is 42.3 Å². The Morgan fingerprint density at radius 2 is 1.81 bits per heavy atom. The van der Waals surface area contributed by atoms with Gasteiger partial charge >= 0.3 is 0 Å². The second-order valence-electron chi connectivity index (χ2n) is 7.22. The molecule has 0 unspecified atom stereocenters. The van der Waals surface area contributed by atoms with E-state index in [-0.39, 0.29) is 5.82 Å². The third kappa shape index (κ3) is 4.00. The molecule has 0 bridgehead atoms. The first-order valence-corrected chi connectivity index (χ1v) is 10.1. The average Bonchev–Trinajstić information content (AvgIpc) is 3.23. The second-order valence-corrected chi connectivity index (χ2v) is 7.22. The fraction of sp³-hybridized carbons (Fsp3) is 0.0800. The predicted octanol–water partition coefficient (Wildman–Crippen LogP) is 5.48. The normalized spacial score (nSPS) is 11.0. The summed E-state index contributed by atoms with van der Waals surface area (Å²) < 4.78 is 14.4. The molecule has 5 nitrogen and oxygen atoms in total. The van der Waals surface area contributed by atoms with Crippen molar-refractivity contribution in [1.82, 2.24) is 19.9 Å². The minimum Gasteiger partial charge on any atom is -0.370 e. The summed E-state index contributed by atoms with van der Waals surface area (Å²) in [5.74, 6) is 0.832. The topological polar surface area (TPSA) is 66.5 Å². The summed E-state index contributed by atoms with van der Waals surface area (Å²) in [5, 5.41) is 4.60. The summed E-state index contributed by atoms with van der Waals surface area (Å²) in [6.45, 7) is 0.683. The van der Waals surface area contributed by atoms with Crippen molar-refractivity contribution in [3.8, 4) is 22.6 Å². The number of aromatic amines is 1. The summed E-state index contributed by atoms with van der Waals surface area (Å²) in [5.41, 5.74) is 4.11. The van der Waals surface area contributed by atoms with Crippen molar-refractivity contribution in [2.45, 2.75) is 6.42 Å². The standard InChI is InChI=1S/C25H20FN5/c26-21-9-3-1-8-20(21)23-14-24(31-25(30-23)18-6-5-12-27-15-18)28-13-11-17-16-29-22-10-4-2-7-19(17)22/h1-10,12,14-16,29H,11,13H2,(H,28,30,31). The molecule has 0 spiro atoms. The van der Waals surface area contributed by atoms with Gasteiger partial charge in [0.2, 0.25) is 0 Å². The van der Waals surface area contributed by atoms with Crippen molar-refractivity contribution in [3.63, 3.8) is 0 Å². The van der Waals surface area contributed by atoms with Gasteiger partial charge in [0.05, 0.1) is 5.69 Å². The van der Waals surface area contributed by atoms with Crippen molar-refractivity contribution in [1.29, 1.82) is 0 Å². The van der Waals surface area contributed by atoms with Crippen LogP contribution in [-0.4, -0.2) is 26.5 Å². The molecular formula is C25H20FN5. The Morgan fingerprint density at radius 3 is 2.68 bits per heavy atom. The summed E-state index contributed by atoms with van der Waals surface area (Å²) in [7, 11) is 0. The zero-order valence-corrected chi connectivity index (χ0v) is 16.7. The van der Waals surface area contributed by atoms with Gasteiger partial charge in [-0.2, -0.15) is 0 Å². The van der Waals surface area contributed by atoms with Crippen molar-refractivity contribution >= 4 is 16.7 Å². The highest BCUT2D eigenvalue weighted by atomic mass is 19.1. The summed E-state index contributed by atoms with van der Waals surface area (Å²) in [6.07, 6.45) is 6.27. The second kappa shape index (κ2) is 8.36. The first-order valence-electron chi connectivity index (χ1n) is 10.1. The molecule has 0 saturated heterocycles. The van der Waals surface area contributed by atoms with E-state index in [1.54, 1.807) is 36.7 Å². The van der Waals surface area contributed by atoms with E-state index < -0.39 is 0 Å². The smallest absolute Gasteiger partial charge is 0.163 e. The van der Waals surface area contributed by atoms with E-state index in [1.807, 2.05) is 30.5 Å². The van der Waals surface area contributed by atoms with Gasteiger partial charge in [0.25, 0.3) is 0 Å². The Kier molecular flexibility index (Phi) is 5.10. The van der Waals surface area contributed by atoms with Gasteiger partial charge in [0.1, 0.15) is 11.6 Å². The van der Waals surface area contributed by atoms with E-state index in [2.05, 4.69) is 37.4 Å². The lowest BCUT2D eigenvalue weighted by molar-refractivity contribution is 0.630. The molecule has 0 radical (unpaired) electrons. The maximum absolute atomic E-state index is 14.4. The van der Waals surface area contributed by atoms with Crippen LogP contribution in [0.15, 0.2) is 85.3 Å². The van der Waals surface area contributed by atoms with E-state index in [0.717, 1.165) is 17.5 Å². The number of nitrogens with zero attached hydrogens (tertiary/aromatic N) is 3. The minimum absolute atomic E-state index is 0.317. The molecule has 0 amide bonds. The number of fused-ring (bicyclic) bond motifs is 1. The number of hydrogen-bond acceptors (Lipinski definition) is 4. The Bertz CT molecular complexity index is 1330. The molecule has 0 atom stereocenters. The van der Waals surface area contributed by atoms with Gasteiger partial charge in [-0.15, -0.1) is 0 Å². The molecule has 2 aromatic carbocycles. The van der Waals surface area contributed by atoms with E-state index in [9.17, 15) is 4.39 Å². The molecule has 0 aliphatic heterocycles. The molecule has 2 N–H and O–H groups in total. The molecule has 0 aliphatic carbocycles. The van der Waals surface area contributed by atoms with E-state index in [4.69, 9.17) is 0 Å². The number of rotatable bonds is 6. The number of pyridine rings is 1. The van der Waals surface area contributed by atoms with Crippen LogP contribution in [0.3, 0.4) is 0 Å². The zero-order chi connectivity index (χ0) is 21.0. The summed E-state index contributed by atoms with van der Waals surface area (Å²) in [4.78, 5) is 16.7. The number of nitrogens with one attached hydrogen (secondary N) is 2. The highest BCUT2D eigenvalue weighted by molar-refractivity contribution is 5.83. The fourth-order valence-electron chi connectivity index (χ4n) is 3.63. The molecule has 5 rings (SSSR count). The number of halogens is 1. The Labute approximate surface area is 179 Å². The predicted molar refractivity (Wildman–Crippen MR) is 121 cm³/mol. The number of anilines is 1. The van der Waals surface area contributed by atoms with E-state index in [0.29, 0.717) is 29.4 Å². The Balaban J connectivity index is 1.44. The molecule has 3 heterocycles. The fourth-order valence-corrected chi connectivity index (χ4v) is 3.63. The molecule has 3 aromatic heterocycles. The monoisotopic (exact) mass is 409 g/mol. The number of para-hydroxylation sites is 1. The van der Waals surface area contributed by atoms with Gasteiger partial charge in [-0.1, -0.05) is 30.3 Å². The maximum Gasteiger partial charge on any atom is 0.163 e. The van der Waals surface area contributed by atoms with Crippen LogP contribution in [0.1, 0.15) is 5.56 Å². The van der Waals surface area contributed by atoms with Crippen LogP contribution in [0.4, 0.5) is 10.2 Å². The quantitative estimate of drug-likeness (QED) is 0.390. The lowest BCUT2D eigenvalue weighted by atomic mass is 10.1. The SMILES string of the molecule is Fc1ccccc1-c1cc(NCCc2c[nH]c3ccccc23)nc(-c2cccnc2)n1. The first-order chi connectivity index (χ1) is 15.3. The maximum atomic E-state index is 14.4. The van der Waals surface area contributed by atoms with Gasteiger partial charge in [0.15, 0.2) is 5.82 Å². The molecular weight excluding hydrogens is 389 g/mol. The number of aromatic nitrogens is 4. The van der Waals surface area contributed by atoms with Crippen LogP contribution in [0, 0.1) is 5.82 Å². The summed E-state index contributed by atoms with van der Waals surface area (Å²) in [6, 6.07) is 20.4. The minimum atomic E-state index is -0.317. The Hall–Kier alpha value is -4.06. The van der Waals surface area contributed by atoms with E-state index >= 15 is 0 Å². The molecule has 0 fully saturated rings. The van der Waals surface area contributed by atoms with Crippen molar-refractivity contribution in [2.24, 2.45) is 0 Å². The van der Waals surface area contributed by atoms with Crippen LogP contribution >= 0.6 is 0 Å². The molecule has 0 saturated carbocycles. The van der Waals surface area contributed by atoms with Gasteiger partial charge < -0.3 is 10.3 Å². The van der Waals surface area contributed by atoms with Crippen molar-refractivity contribution in [2.75, 3.05) is 11.9 Å². The van der Waals surface area contributed by atoms with Crippen LogP contribution < -0.4 is 5.32 Å². The lowest BCUT2D eigenvalue weighted by Crippen LogP contribution is -2.08. The van der Waals surface area contributed by atoms with Gasteiger partial charge in [-0.3, -0.25) is 4.98 Å². The van der Waals surface area contributed by atoms with Crippen LogP contribution in [0.25, 0.3) is 33.5 Å². The van der Waals surface area contributed by atoms with Crippen LogP contribution in [0.5, 0.6) is 0 Å². The van der Waals surface area contributed by atoms with Gasteiger partial charge in [-0.25, -0.2) is 14.4 Å². The zero-order valence-electron chi connectivity index (χ0n) is 16.7. The number of hydrogen-bond donors (Lipinski definition) is 2. The van der Waals surface area contributed by atoms with Gasteiger partial charge in [0, 0.05) is 53.2 Å². The molecule has 6 heteroatoms. The van der Waals surface area contributed by atoms with Crippen molar-refractivity contribution < 1.29 is 4.39 Å². The highest BCUT2D eigenvalue weighted by Gasteiger charge is 2.12. The first kappa shape index (κ1) is 18.9. The Morgan fingerprint density at radius 1 is 0.935 bits per heavy atom. The number of H-pyrrole nitrogens is 1. The van der Waals surface area contributed by atoms with Crippen molar-refractivity contribution in [3.05, 3.63) is 96.7 Å². The third-order valence-corrected chi connectivity index (χ3v) is 5.17. The average molecular weight is 409 g/mol. The van der Waals surface area contributed by atoms with E-state index in [1.165, 1.54) is 17.0 Å². The molecule has 152 valence electrons. The third-order valence-electron chi connectivity index (χ3n) is 5.17. The highest BCUT2D eigenvalue weighted by Crippen LogP contribution is 2.26. The molecule has 0 aliphatic rings.